The number of carbonyl (C=O) groups excluding carboxylic acids is 1. The fourth-order valence-corrected chi connectivity index (χ4v) is 4.08. The Bertz CT molecular complexity index is 846. The molecule has 132 valence electrons. The minimum atomic E-state index is -3.66. The molecule has 1 amide bonds. The summed E-state index contributed by atoms with van der Waals surface area (Å²) < 4.78 is 27.4. The van der Waals surface area contributed by atoms with E-state index < -0.39 is 10.0 Å². The molecular weight excluding hydrogens is 336 g/mol. The highest BCUT2D eigenvalue weighted by atomic mass is 32.2. The van der Waals surface area contributed by atoms with Crippen molar-refractivity contribution < 1.29 is 13.2 Å². The van der Waals surface area contributed by atoms with E-state index in [0.29, 0.717) is 18.7 Å². The SMILES string of the molecule is CCN(Cc1ccccc1)S(=O)(=O)c1cccc(C(=O)NC2CC2)c1. The minimum Gasteiger partial charge on any atom is -0.349 e. The zero-order chi connectivity index (χ0) is 17.9. The monoisotopic (exact) mass is 358 g/mol. The van der Waals surface area contributed by atoms with Crippen molar-refractivity contribution in [1.82, 2.24) is 9.62 Å². The molecule has 0 saturated heterocycles. The van der Waals surface area contributed by atoms with Crippen molar-refractivity contribution in [3.8, 4) is 0 Å². The Hall–Kier alpha value is -2.18. The summed E-state index contributed by atoms with van der Waals surface area (Å²) in [4.78, 5) is 12.3. The van der Waals surface area contributed by atoms with Gasteiger partial charge in [0.2, 0.25) is 10.0 Å². The van der Waals surface area contributed by atoms with Crippen molar-refractivity contribution in [2.24, 2.45) is 0 Å². The van der Waals surface area contributed by atoms with E-state index in [2.05, 4.69) is 5.32 Å². The van der Waals surface area contributed by atoms with E-state index >= 15 is 0 Å². The second kappa shape index (κ2) is 7.37. The molecule has 1 fully saturated rings. The Balaban J connectivity index is 1.83. The molecule has 1 aliphatic rings. The molecule has 0 heterocycles. The summed E-state index contributed by atoms with van der Waals surface area (Å²) in [5, 5.41) is 2.88. The molecule has 0 bridgehead atoms. The van der Waals surface area contributed by atoms with Crippen LogP contribution in [-0.4, -0.2) is 31.2 Å². The molecule has 5 nitrogen and oxygen atoms in total. The molecule has 6 heteroatoms. The predicted octanol–water partition coefficient (Wildman–Crippen LogP) is 2.79. The first-order valence-corrected chi connectivity index (χ1v) is 9.89. The van der Waals surface area contributed by atoms with Gasteiger partial charge >= 0.3 is 0 Å². The van der Waals surface area contributed by atoms with Gasteiger partial charge in [0.1, 0.15) is 0 Å². The smallest absolute Gasteiger partial charge is 0.251 e. The lowest BCUT2D eigenvalue weighted by Crippen LogP contribution is -2.31. The first-order valence-electron chi connectivity index (χ1n) is 8.45. The van der Waals surface area contributed by atoms with Gasteiger partial charge in [-0.2, -0.15) is 4.31 Å². The number of amides is 1. The molecule has 0 aliphatic heterocycles. The van der Waals surface area contributed by atoms with Gasteiger partial charge in [-0.25, -0.2) is 8.42 Å². The molecule has 0 radical (unpaired) electrons. The van der Waals surface area contributed by atoms with Gasteiger partial charge in [0, 0.05) is 24.7 Å². The normalized spacial score (nSPS) is 14.5. The lowest BCUT2D eigenvalue weighted by atomic mass is 10.2. The zero-order valence-electron chi connectivity index (χ0n) is 14.2. The van der Waals surface area contributed by atoms with Gasteiger partial charge in [0.05, 0.1) is 4.90 Å². The molecule has 2 aromatic carbocycles. The van der Waals surface area contributed by atoms with E-state index in [-0.39, 0.29) is 16.8 Å². The summed E-state index contributed by atoms with van der Waals surface area (Å²) in [6, 6.07) is 16.0. The van der Waals surface area contributed by atoms with E-state index in [1.54, 1.807) is 12.1 Å². The van der Waals surface area contributed by atoms with Gasteiger partial charge in [0.15, 0.2) is 0 Å². The second-order valence-corrected chi connectivity index (χ2v) is 8.13. The van der Waals surface area contributed by atoms with Gasteiger partial charge in [-0.15, -0.1) is 0 Å². The maximum Gasteiger partial charge on any atom is 0.251 e. The maximum absolute atomic E-state index is 13.0. The van der Waals surface area contributed by atoms with Crippen molar-refractivity contribution in [1.29, 1.82) is 0 Å². The number of sulfonamides is 1. The highest BCUT2D eigenvalue weighted by Crippen LogP contribution is 2.22. The highest BCUT2D eigenvalue weighted by molar-refractivity contribution is 7.89. The van der Waals surface area contributed by atoms with Gasteiger partial charge < -0.3 is 5.32 Å². The molecule has 1 saturated carbocycles. The number of hydrogen-bond donors (Lipinski definition) is 1. The molecule has 0 aromatic heterocycles. The van der Waals surface area contributed by atoms with Crippen LogP contribution in [0.2, 0.25) is 0 Å². The average molecular weight is 358 g/mol. The first-order chi connectivity index (χ1) is 12.0. The molecule has 1 aliphatic carbocycles. The van der Waals surface area contributed by atoms with Crippen LogP contribution in [0.4, 0.5) is 0 Å². The van der Waals surface area contributed by atoms with Crippen LogP contribution in [0.1, 0.15) is 35.7 Å². The summed E-state index contributed by atoms with van der Waals surface area (Å²) in [5.41, 5.74) is 1.30. The van der Waals surface area contributed by atoms with Crippen molar-refractivity contribution in [2.75, 3.05) is 6.54 Å². The Kier molecular flexibility index (Phi) is 5.20. The topological polar surface area (TPSA) is 66.5 Å². The van der Waals surface area contributed by atoms with Crippen LogP contribution in [0.3, 0.4) is 0 Å². The number of carbonyl (C=O) groups is 1. The Morgan fingerprint density at radius 1 is 1.12 bits per heavy atom. The van der Waals surface area contributed by atoms with E-state index in [9.17, 15) is 13.2 Å². The summed E-state index contributed by atoms with van der Waals surface area (Å²) in [6.07, 6.45) is 1.98. The second-order valence-electron chi connectivity index (χ2n) is 6.19. The molecule has 2 aromatic rings. The largest absolute Gasteiger partial charge is 0.349 e. The van der Waals surface area contributed by atoms with Crippen LogP contribution in [0.5, 0.6) is 0 Å². The minimum absolute atomic E-state index is 0.147. The van der Waals surface area contributed by atoms with Crippen LogP contribution < -0.4 is 5.32 Å². The average Bonchev–Trinajstić information content (AvgIpc) is 3.44. The third-order valence-corrected chi connectivity index (χ3v) is 6.12. The van der Waals surface area contributed by atoms with Crippen LogP contribution in [-0.2, 0) is 16.6 Å². The molecule has 0 atom stereocenters. The number of nitrogens with one attached hydrogen (secondary N) is 1. The predicted molar refractivity (Wildman–Crippen MR) is 96.6 cm³/mol. The molecular formula is C19H22N2O3S. The Labute approximate surface area is 148 Å². The van der Waals surface area contributed by atoms with Crippen LogP contribution in [0.15, 0.2) is 59.5 Å². The van der Waals surface area contributed by atoms with Gasteiger partial charge in [-0.05, 0) is 36.6 Å². The summed E-state index contributed by atoms with van der Waals surface area (Å²) in [6.45, 7) is 2.47. The molecule has 0 unspecified atom stereocenters. The number of rotatable bonds is 7. The summed E-state index contributed by atoms with van der Waals surface area (Å²) in [7, 11) is -3.66. The van der Waals surface area contributed by atoms with Crippen LogP contribution >= 0.6 is 0 Å². The lowest BCUT2D eigenvalue weighted by Gasteiger charge is -2.21. The van der Waals surface area contributed by atoms with E-state index in [1.165, 1.54) is 16.4 Å². The van der Waals surface area contributed by atoms with Crippen molar-refractivity contribution in [2.45, 2.75) is 37.2 Å². The van der Waals surface area contributed by atoms with Gasteiger partial charge in [0.25, 0.3) is 5.91 Å². The molecule has 3 rings (SSSR count). The zero-order valence-corrected chi connectivity index (χ0v) is 15.0. The fourth-order valence-electron chi connectivity index (χ4n) is 2.60. The van der Waals surface area contributed by atoms with Crippen molar-refractivity contribution in [3.63, 3.8) is 0 Å². The first kappa shape index (κ1) is 17.6. The standard InChI is InChI=1S/C19H22N2O3S/c1-2-21(14-15-7-4-3-5-8-15)25(23,24)18-10-6-9-16(13-18)19(22)20-17-11-12-17/h3-10,13,17H,2,11-12,14H2,1H3,(H,20,22). The van der Waals surface area contributed by atoms with Gasteiger partial charge in [-0.3, -0.25) is 4.79 Å². The number of benzene rings is 2. The lowest BCUT2D eigenvalue weighted by molar-refractivity contribution is 0.0951. The van der Waals surface area contributed by atoms with E-state index in [1.807, 2.05) is 37.3 Å². The van der Waals surface area contributed by atoms with Crippen molar-refractivity contribution >= 4 is 15.9 Å². The highest BCUT2D eigenvalue weighted by Gasteiger charge is 2.26. The Morgan fingerprint density at radius 3 is 2.48 bits per heavy atom. The number of hydrogen-bond acceptors (Lipinski definition) is 3. The van der Waals surface area contributed by atoms with Crippen molar-refractivity contribution in [3.05, 3.63) is 65.7 Å². The fraction of sp³-hybridized carbons (Fsp3) is 0.316. The van der Waals surface area contributed by atoms with Crippen LogP contribution in [0, 0.1) is 0 Å². The van der Waals surface area contributed by atoms with Gasteiger partial charge in [-0.1, -0.05) is 43.3 Å². The number of nitrogens with zero attached hydrogens (tertiary/aromatic N) is 1. The van der Waals surface area contributed by atoms with Crippen LogP contribution in [0.25, 0.3) is 0 Å². The third kappa shape index (κ3) is 4.27. The molecule has 0 spiro atoms. The third-order valence-electron chi connectivity index (χ3n) is 4.20. The quantitative estimate of drug-likeness (QED) is 0.828. The van der Waals surface area contributed by atoms with E-state index in [0.717, 1.165) is 18.4 Å². The maximum atomic E-state index is 13.0. The molecule has 25 heavy (non-hydrogen) atoms. The molecule has 1 N–H and O–H groups in total. The summed E-state index contributed by atoms with van der Waals surface area (Å²) in [5.74, 6) is -0.217. The summed E-state index contributed by atoms with van der Waals surface area (Å²) >= 11 is 0. The van der Waals surface area contributed by atoms with E-state index in [4.69, 9.17) is 0 Å². The Morgan fingerprint density at radius 2 is 1.84 bits per heavy atom.